The summed E-state index contributed by atoms with van der Waals surface area (Å²) >= 11 is 3.41. The number of aromatic nitrogens is 2. The third-order valence-electron chi connectivity index (χ3n) is 2.69. The van der Waals surface area contributed by atoms with Crippen LogP contribution in [0, 0.1) is 5.92 Å². The fourth-order valence-corrected chi connectivity index (χ4v) is 2.36. The maximum atomic E-state index is 4.26. The minimum atomic E-state index is 0.836. The Labute approximate surface area is 93.2 Å². The first-order valence-electron chi connectivity index (χ1n) is 5.14. The van der Waals surface area contributed by atoms with Crippen molar-refractivity contribution in [2.24, 2.45) is 5.92 Å². The Balaban J connectivity index is 1.90. The van der Waals surface area contributed by atoms with Crippen molar-refractivity contribution in [2.75, 3.05) is 13.1 Å². The molecule has 4 heteroatoms. The molecule has 3 nitrogen and oxygen atoms in total. The largest absolute Gasteiger partial charge is 0.284 e. The van der Waals surface area contributed by atoms with Crippen molar-refractivity contribution in [1.29, 1.82) is 0 Å². The molecule has 0 aromatic carbocycles. The quantitative estimate of drug-likeness (QED) is 0.811. The Morgan fingerprint density at radius 2 is 2.50 bits per heavy atom. The molecule has 0 amide bonds. The first-order chi connectivity index (χ1) is 6.74. The van der Waals surface area contributed by atoms with Gasteiger partial charge in [-0.15, -0.1) is 0 Å². The summed E-state index contributed by atoms with van der Waals surface area (Å²) in [4.78, 5) is 2.47. The Kier molecular flexibility index (Phi) is 3.23. The second kappa shape index (κ2) is 4.45. The monoisotopic (exact) mass is 257 g/mol. The lowest BCUT2D eigenvalue weighted by atomic mass is 10.0. The summed E-state index contributed by atoms with van der Waals surface area (Å²) in [5.74, 6) is 0.836. The fraction of sp³-hybridized carbons (Fsp3) is 0.700. The van der Waals surface area contributed by atoms with Gasteiger partial charge in [0.05, 0.1) is 17.3 Å². The van der Waals surface area contributed by atoms with Crippen LogP contribution in [0.4, 0.5) is 0 Å². The molecule has 1 saturated heterocycles. The molecule has 1 aliphatic heterocycles. The topological polar surface area (TPSA) is 21.1 Å². The van der Waals surface area contributed by atoms with E-state index >= 15 is 0 Å². The van der Waals surface area contributed by atoms with Crippen LogP contribution < -0.4 is 0 Å². The van der Waals surface area contributed by atoms with Crippen LogP contribution in [-0.4, -0.2) is 27.8 Å². The van der Waals surface area contributed by atoms with Crippen LogP contribution in [0.1, 0.15) is 19.8 Å². The van der Waals surface area contributed by atoms with Gasteiger partial charge < -0.3 is 0 Å². The van der Waals surface area contributed by atoms with Gasteiger partial charge >= 0.3 is 0 Å². The SMILES string of the molecule is CC1CCCN(Cn2cc(Br)cn2)C1. The summed E-state index contributed by atoms with van der Waals surface area (Å²) in [5.41, 5.74) is 0. The third-order valence-corrected chi connectivity index (χ3v) is 3.10. The van der Waals surface area contributed by atoms with E-state index in [2.05, 4.69) is 32.9 Å². The number of hydrogen-bond acceptors (Lipinski definition) is 2. The van der Waals surface area contributed by atoms with Crippen molar-refractivity contribution >= 4 is 15.9 Å². The molecule has 1 aromatic rings. The minimum Gasteiger partial charge on any atom is -0.284 e. The average molecular weight is 258 g/mol. The van der Waals surface area contributed by atoms with E-state index in [1.165, 1.54) is 25.9 Å². The van der Waals surface area contributed by atoms with Crippen molar-refractivity contribution in [1.82, 2.24) is 14.7 Å². The molecule has 0 saturated carbocycles. The Bertz CT molecular complexity index is 297. The number of likely N-dealkylation sites (tertiary alicyclic amines) is 1. The predicted octanol–water partition coefficient (Wildman–Crippen LogP) is 2.33. The Morgan fingerprint density at radius 1 is 1.64 bits per heavy atom. The van der Waals surface area contributed by atoms with Crippen molar-refractivity contribution in [2.45, 2.75) is 26.4 Å². The number of hydrogen-bond donors (Lipinski definition) is 0. The van der Waals surface area contributed by atoms with Gasteiger partial charge in [-0.3, -0.25) is 9.58 Å². The van der Waals surface area contributed by atoms with Crippen LogP contribution in [-0.2, 0) is 6.67 Å². The van der Waals surface area contributed by atoms with Gasteiger partial charge in [0.25, 0.3) is 0 Å². The molecule has 1 unspecified atom stereocenters. The van der Waals surface area contributed by atoms with E-state index in [4.69, 9.17) is 0 Å². The molecular weight excluding hydrogens is 242 g/mol. The van der Waals surface area contributed by atoms with Crippen molar-refractivity contribution in [3.8, 4) is 0 Å². The van der Waals surface area contributed by atoms with Gasteiger partial charge in [-0.25, -0.2) is 0 Å². The molecule has 0 spiro atoms. The van der Waals surface area contributed by atoms with Gasteiger partial charge in [-0.1, -0.05) is 6.92 Å². The van der Waals surface area contributed by atoms with E-state index in [1.807, 2.05) is 17.1 Å². The number of rotatable bonds is 2. The van der Waals surface area contributed by atoms with E-state index < -0.39 is 0 Å². The van der Waals surface area contributed by atoms with Crippen LogP contribution in [0.25, 0.3) is 0 Å². The zero-order valence-electron chi connectivity index (χ0n) is 8.49. The zero-order chi connectivity index (χ0) is 9.97. The van der Waals surface area contributed by atoms with Gasteiger partial charge in [0, 0.05) is 12.7 Å². The smallest absolute Gasteiger partial charge is 0.0929 e. The molecule has 1 aliphatic rings. The first kappa shape index (κ1) is 10.2. The van der Waals surface area contributed by atoms with E-state index in [0.717, 1.165) is 17.1 Å². The van der Waals surface area contributed by atoms with Gasteiger partial charge in [-0.05, 0) is 41.2 Å². The summed E-state index contributed by atoms with van der Waals surface area (Å²) in [7, 11) is 0. The highest BCUT2D eigenvalue weighted by Crippen LogP contribution is 2.16. The van der Waals surface area contributed by atoms with E-state index in [9.17, 15) is 0 Å². The van der Waals surface area contributed by atoms with E-state index in [1.54, 1.807) is 0 Å². The maximum Gasteiger partial charge on any atom is 0.0929 e. The molecule has 0 bridgehead atoms. The Morgan fingerprint density at radius 3 is 3.14 bits per heavy atom. The highest BCUT2D eigenvalue weighted by Gasteiger charge is 2.16. The van der Waals surface area contributed by atoms with E-state index in [0.29, 0.717) is 0 Å². The normalized spacial score (nSPS) is 24.0. The average Bonchev–Trinajstić information content (AvgIpc) is 2.51. The molecule has 0 radical (unpaired) electrons. The first-order valence-corrected chi connectivity index (χ1v) is 5.93. The van der Waals surface area contributed by atoms with Crippen LogP contribution in [0.5, 0.6) is 0 Å². The number of halogens is 1. The standard InChI is InChI=1S/C10H16BrN3/c1-9-3-2-4-13(6-9)8-14-7-10(11)5-12-14/h5,7,9H,2-4,6,8H2,1H3. The molecule has 14 heavy (non-hydrogen) atoms. The molecule has 2 rings (SSSR count). The maximum absolute atomic E-state index is 4.26. The molecule has 0 aliphatic carbocycles. The van der Waals surface area contributed by atoms with Crippen LogP contribution >= 0.6 is 15.9 Å². The van der Waals surface area contributed by atoms with Crippen LogP contribution in [0.2, 0.25) is 0 Å². The zero-order valence-corrected chi connectivity index (χ0v) is 10.1. The summed E-state index contributed by atoms with van der Waals surface area (Å²) < 4.78 is 3.05. The molecule has 0 N–H and O–H groups in total. The number of piperidine rings is 1. The highest BCUT2D eigenvalue weighted by atomic mass is 79.9. The molecule has 2 heterocycles. The lowest BCUT2D eigenvalue weighted by Crippen LogP contribution is -2.35. The predicted molar refractivity (Wildman–Crippen MR) is 59.9 cm³/mol. The van der Waals surface area contributed by atoms with Gasteiger partial charge in [-0.2, -0.15) is 5.10 Å². The van der Waals surface area contributed by atoms with Crippen LogP contribution in [0.15, 0.2) is 16.9 Å². The van der Waals surface area contributed by atoms with E-state index in [-0.39, 0.29) is 0 Å². The van der Waals surface area contributed by atoms with Gasteiger partial charge in [0.1, 0.15) is 0 Å². The summed E-state index contributed by atoms with van der Waals surface area (Å²) in [6.45, 7) is 5.67. The third kappa shape index (κ3) is 2.58. The highest BCUT2D eigenvalue weighted by molar-refractivity contribution is 9.10. The molecule has 1 atom stereocenters. The second-order valence-electron chi connectivity index (χ2n) is 4.16. The van der Waals surface area contributed by atoms with Gasteiger partial charge in [0.15, 0.2) is 0 Å². The summed E-state index contributed by atoms with van der Waals surface area (Å²) in [6, 6.07) is 0. The molecule has 78 valence electrons. The number of nitrogens with zero attached hydrogens (tertiary/aromatic N) is 3. The van der Waals surface area contributed by atoms with Crippen molar-refractivity contribution in [3.05, 3.63) is 16.9 Å². The lowest BCUT2D eigenvalue weighted by Gasteiger charge is -2.30. The van der Waals surface area contributed by atoms with Crippen molar-refractivity contribution < 1.29 is 0 Å². The van der Waals surface area contributed by atoms with Gasteiger partial charge in [0.2, 0.25) is 0 Å². The van der Waals surface area contributed by atoms with Crippen LogP contribution in [0.3, 0.4) is 0 Å². The summed E-state index contributed by atoms with van der Waals surface area (Å²) in [6.07, 6.45) is 6.57. The fourth-order valence-electron chi connectivity index (χ4n) is 2.04. The molecule has 1 aromatic heterocycles. The molecular formula is C10H16BrN3. The molecule has 1 fully saturated rings. The second-order valence-corrected chi connectivity index (χ2v) is 5.08. The minimum absolute atomic E-state index is 0.836. The lowest BCUT2D eigenvalue weighted by molar-refractivity contribution is 0.139. The summed E-state index contributed by atoms with van der Waals surface area (Å²) in [5, 5.41) is 4.26. The van der Waals surface area contributed by atoms with Crippen molar-refractivity contribution in [3.63, 3.8) is 0 Å². The Hall–Kier alpha value is -0.350.